The number of benzene rings is 2. The van der Waals surface area contributed by atoms with Gasteiger partial charge in [-0.2, -0.15) is 5.26 Å². The highest BCUT2D eigenvalue weighted by Gasteiger charge is 2.48. The number of amides is 1. The van der Waals surface area contributed by atoms with Gasteiger partial charge in [-0.05, 0) is 95.6 Å². The number of rotatable bonds is 11. The summed E-state index contributed by atoms with van der Waals surface area (Å²) >= 11 is 0. The van der Waals surface area contributed by atoms with Crippen molar-refractivity contribution < 1.29 is 14.3 Å². The number of nitrogens with zero attached hydrogens (tertiary/aromatic N) is 3. The molecule has 9 nitrogen and oxygen atoms in total. The van der Waals surface area contributed by atoms with Crippen LogP contribution in [-0.4, -0.2) is 48.6 Å². The molecule has 2 aromatic carbocycles. The van der Waals surface area contributed by atoms with E-state index in [4.69, 9.17) is 9.47 Å². The summed E-state index contributed by atoms with van der Waals surface area (Å²) in [5, 5.41) is 22.0. The summed E-state index contributed by atoms with van der Waals surface area (Å²) in [4.78, 5) is 19.6. The van der Waals surface area contributed by atoms with Crippen molar-refractivity contribution in [2.75, 3.05) is 43.2 Å². The molecule has 0 radical (unpaired) electrons. The van der Waals surface area contributed by atoms with Crippen molar-refractivity contribution in [3.8, 4) is 17.6 Å². The number of nitriles is 1. The zero-order chi connectivity index (χ0) is 36.4. The van der Waals surface area contributed by atoms with Crippen molar-refractivity contribution >= 4 is 23.0 Å². The van der Waals surface area contributed by atoms with Crippen LogP contribution in [0.25, 0.3) is 0 Å². The second kappa shape index (κ2) is 17.6. The number of ether oxygens (including phenoxy) is 2. The summed E-state index contributed by atoms with van der Waals surface area (Å²) in [6.45, 7) is 9.63. The molecule has 3 N–H and O–H groups in total. The molecule has 1 amide bonds. The third-order valence-corrected chi connectivity index (χ3v) is 10.3. The molecule has 272 valence electrons. The molecule has 2 unspecified atom stereocenters. The van der Waals surface area contributed by atoms with Crippen molar-refractivity contribution in [3.05, 3.63) is 82.7 Å². The number of nitrogens with one attached hydrogen (secondary N) is 3. The molecule has 51 heavy (non-hydrogen) atoms. The second-order valence-electron chi connectivity index (χ2n) is 14.5. The smallest absolute Gasteiger partial charge is 0.248 e. The van der Waals surface area contributed by atoms with E-state index in [0.29, 0.717) is 31.2 Å². The molecule has 1 aliphatic carbocycles. The van der Waals surface area contributed by atoms with E-state index in [1.54, 1.807) is 12.3 Å². The van der Waals surface area contributed by atoms with Gasteiger partial charge in [0.1, 0.15) is 18.1 Å². The molecular formula is C42H56N6O3. The molecule has 2 heterocycles. The summed E-state index contributed by atoms with van der Waals surface area (Å²) in [6, 6.07) is 14.6. The Bertz CT molecular complexity index is 1720. The molecule has 2 aliphatic rings. The number of hydrogen-bond donors (Lipinski definition) is 3. The zero-order valence-electron chi connectivity index (χ0n) is 31.4. The van der Waals surface area contributed by atoms with Crippen LogP contribution in [0.15, 0.2) is 54.7 Å². The molecular weight excluding hydrogens is 637 g/mol. The van der Waals surface area contributed by atoms with Crippen LogP contribution >= 0.6 is 0 Å². The fourth-order valence-electron chi connectivity index (χ4n) is 7.49. The Morgan fingerprint density at radius 3 is 2.37 bits per heavy atom. The Hall–Kier alpha value is -4.55. The van der Waals surface area contributed by atoms with Crippen LogP contribution in [0.4, 0.5) is 17.1 Å². The minimum atomic E-state index is -0.410. The fraction of sp³-hybridized carbons (Fsp3) is 0.500. The summed E-state index contributed by atoms with van der Waals surface area (Å²) in [7, 11) is 3.92. The van der Waals surface area contributed by atoms with Crippen LogP contribution in [0, 0.1) is 38.0 Å². The van der Waals surface area contributed by atoms with E-state index >= 15 is 0 Å². The van der Waals surface area contributed by atoms with Gasteiger partial charge in [0.25, 0.3) is 0 Å². The van der Waals surface area contributed by atoms with Gasteiger partial charge >= 0.3 is 0 Å². The number of aryl methyl sites for hydroxylation is 3. The lowest BCUT2D eigenvalue weighted by Crippen LogP contribution is -2.52. The lowest BCUT2D eigenvalue weighted by atomic mass is 9.68. The van der Waals surface area contributed by atoms with Gasteiger partial charge in [0.2, 0.25) is 5.91 Å². The van der Waals surface area contributed by atoms with Crippen molar-refractivity contribution in [2.24, 2.45) is 5.92 Å². The standard InChI is InChI=1S/C42H56N6O3/c1-7-50-39-26-35-32(25-36(39)45-40(49)18-16-22-48(5)6)41(33(27-43)42(47-35)19-13-11-9-8-10-12-14-20-42)46-34-23-31(4)38(24-30(34)3)51-28-37-29(2)17-15-21-44-37/h15-18,21,23-26,33,41,46-47H,7-14,19-20,22,28H2,1-6H3,(H,45,49)/b18-16+. The lowest BCUT2D eigenvalue weighted by Gasteiger charge is -2.48. The highest BCUT2D eigenvalue weighted by molar-refractivity contribution is 6.00. The normalized spacial score (nSPS) is 18.8. The van der Waals surface area contributed by atoms with Crippen LogP contribution in [0.5, 0.6) is 11.5 Å². The number of aromatic nitrogens is 1. The number of pyridine rings is 1. The highest BCUT2D eigenvalue weighted by Crippen LogP contribution is 2.51. The van der Waals surface area contributed by atoms with E-state index in [9.17, 15) is 10.1 Å². The number of hydrogen-bond acceptors (Lipinski definition) is 8. The van der Waals surface area contributed by atoms with Gasteiger partial charge < -0.3 is 30.3 Å². The minimum Gasteiger partial charge on any atom is -0.492 e. The van der Waals surface area contributed by atoms with Crippen LogP contribution in [-0.2, 0) is 11.4 Å². The average molecular weight is 693 g/mol. The van der Waals surface area contributed by atoms with Gasteiger partial charge in [0.15, 0.2) is 0 Å². The summed E-state index contributed by atoms with van der Waals surface area (Å²) < 4.78 is 12.4. The maximum Gasteiger partial charge on any atom is 0.248 e. The van der Waals surface area contributed by atoms with E-state index < -0.39 is 5.54 Å². The molecule has 1 saturated carbocycles. The largest absolute Gasteiger partial charge is 0.492 e. The van der Waals surface area contributed by atoms with Crippen molar-refractivity contribution in [1.82, 2.24) is 9.88 Å². The number of carbonyl (C=O) groups excluding carboxylic acids is 1. The highest BCUT2D eigenvalue weighted by atomic mass is 16.5. The van der Waals surface area contributed by atoms with Crippen LogP contribution in [0.1, 0.15) is 98.7 Å². The average Bonchev–Trinajstić information content (AvgIpc) is 3.09. The summed E-state index contributed by atoms with van der Waals surface area (Å²) in [6.07, 6.45) is 15.2. The van der Waals surface area contributed by atoms with Crippen LogP contribution in [0.3, 0.4) is 0 Å². The molecule has 1 aliphatic heterocycles. The first kappa shape index (κ1) is 37.7. The Balaban J connectivity index is 1.54. The fourth-order valence-corrected chi connectivity index (χ4v) is 7.49. The van der Waals surface area contributed by atoms with Crippen LogP contribution < -0.4 is 25.4 Å². The molecule has 9 heteroatoms. The van der Waals surface area contributed by atoms with Gasteiger partial charge in [-0.25, -0.2) is 0 Å². The van der Waals surface area contributed by atoms with Gasteiger partial charge in [-0.15, -0.1) is 0 Å². The molecule has 1 aromatic heterocycles. The van der Waals surface area contributed by atoms with E-state index in [-0.39, 0.29) is 17.9 Å². The summed E-state index contributed by atoms with van der Waals surface area (Å²) in [5.74, 6) is 0.824. The molecule has 1 fully saturated rings. The Labute approximate surface area is 304 Å². The summed E-state index contributed by atoms with van der Waals surface area (Å²) in [5.41, 5.74) is 7.04. The van der Waals surface area contributed by atoms with Gasteiger partial charge in [-0.1, -0.05) is 57.1 Å². The minimum absolute atomic E-state index is 0.227. The molecule has 3 aromatic rings. The number of likely N-dealkylation sites (N-methyl/N-ethyl adjacent to an activating group) is 1. The van der Waals surface area contributed by atoms with Crippen molar-refractivity contribution in [1.29, 1.82) is 5.26 Å². The maximum absolute atomic E-state index is 13.1. The quantitative estimate of drug-likeness (QED) is 0.171. The Morgan fingerprint density at radius 2 is 1.71 bits per heavy atom. The number of anilines is 3. The van der Waals surface area contributed by atoms with E-state index in [0.717, 1.165) is 70.8 Å². The third-order valence-electron chi connectivity index (χ3n) is 10.3. The molecule has 5 rings (SSSR count). The Morgan fingerprint density at radius 1 is 0.980 bits per heavy atom. The van der Waals surface area contributed by atoms with E-state index in [1.165, 1.54) is 32.1 Å². The predicted octanol–water partition coefficient (Wildman–Crippen LogP) is 9.02. The first-order valence-electron chi connectivity index (χ1n) is 18.7. The number of carbonyl (C=O) groups is 1. The Kier molecular flexibility index (Phi) is 13.0. The maximum atomic E-state index is 13.1. The van der Waals surface area contributed by atoms with Crippen LogP contribution in [0.2, 0.25) is 0 Å². The van der Waals surface area contributed by atoms with Gasteiger partial charge in [0.05, 0.1) is 41.6 Å². The van der Waals surface area contributed by atoms with E-state index in [1.807, 2.05) is 63.2 Å². The zero-order valence-corrected chi connectivity index (χ0v) is 31.4. The second-order valence-corrected chi connectivity index (χ2v) is 14.5. The molecule has 0 saturated heterocycles. The topological polar surface area (TPSA) is 112 Å². The third kappa shape index (κ3) is 9.42. The molecule has 0 bridgehead atoms. The van der Waals surface area contributed by atoms with Crippen molar-refractivity contribution in [3.63, 3.8) is 0 Å². The lowest BCUT2D eigenvalue weighted by molar-refractivity contribution is -0.111. The van der Waals surface area contributed by atoms with E-state index in [2.05, 4.69) is 53.0 Å². The monoisotopic (exact) mass is 692 g/mol. The molecule has 2 atom stereocenters. The molecule has 1 spiro atoms. The first-order valence-corrected chi connectivity index (χ1v) is 18.7. The van der Waals surface area contributed by atoms with Gasteiger partial charge in [-0.3, -0.25) is 9.78 Å². The first-order chi connectivity index (χ1) is 24.6. The predicted molar refractivity (Wildman–Crippen MR) is 207 cm³/mol. The SMILES string of the molecule is CCOc1cc2c(cc1NC(=O)/C=C/CN(C)C)C(Nc1cc(C)c(OCc3ncccc3C)cc1C)C(C#N)C1(CCCCCCCCC1)N2. The van der Waals surface area contributed by atoms with Crippen molar-refractivity contribution in [2.45, 2.75) is 104 Å². The van der Waals surface area contributed by atoms with Gasteiger partial charge in [0, 0.05) is 41.8 Å². The number of fused-ring (bicyclic) bond motifs is 1.